The highest BCUT2D eigenvalue weighted by molar-refractivity contribution is 5.82. The van der Waals surface area contributed by atoms with Crippen LogP contribution in [-0.2, 0) is 4.79 Å². The molecule has 0 spiro atoms. The summed E-state index contributed by atoms with van der Waals surface area (Å²) in [4.78, 5) is 12.4. The molecule has 1 saturated carbocycles. The Balaban J connectivity index is 2.48. The number of hydrogen-bond donors (Lipinski definition) is 1. The molecule has 0 bridgehead atoms. The Kier molecular flexibility index (Phi) is 5.68. The van der Waals surface area contributed by atoms with Crippen molar-refractivity contribution in [3.05, 3.63) is 0 Å². The standard InChI is InChI=1S/C16H31NO/c1-12(2)14(13(3)4)11-17-15(18)16(5)9-7-6-8-10-16/h12-14H,6-11H2,1-5H3,(H,17,18). The van der Waals surface area contributed by atoms with E-state index in [0.717, 1.165) is 19.4 Å². The van der Waals surface area contributed by atoms with E-state index in [2.05, 4.69) is 39.9 Å². The van der Waals surface area contributed by atoms with Crippen LogP contribution in [0, 0.1) is 23.2 Å². The molecule has 2 nitrogen and oxygen atoms in total. The van der Waals surface area contributed by atoms with Gasteiger partial charge in [-0.25, -0.2) is 0 Å². The lowest BCUT2D eigenvalue weighted by molar-refractivity contribution is -0.132. The maximum atomic E-state index is 12.4. The molecule has 1 N–H and O–H groups in total. The molecule has 0 atom stereocenters. The normalized spacial score (nSPS) is 19.6. The molecule has 0 heterocycles. The van der Waals surface area contributed by atoms with Crippen LogP contribution in [0.1, 0.15) is 66.7 Å². The molecule has 2 heteroatoms. The first-order chi connectivity index (χ1) is 8.37. The molecule has 106 valence electrons. The summed E-state index contributed by atoms with van der Waals surface area (Å²) in [6.45, 7) is 12.0. The average molecular weight is 253 g/mol. The Morgan fingerprint density at radius 1 is 1.06 bits per heavy atom. The van der Waals surface area contributed by atoms with Crippen LogP contribution in [-0.4, -0.2) is 12.5 Å². The predicted octanol–water partition coefficient (Wildman–Crippen LogP) is 4.00. The van der Waals surface area contributed by atoms with E-state index in [4.69, 9.17) is 0 Å². The Morgan fingerprint density at radius 3 is 2.00 bits per heavy atom. The summed E-state index contributed by atoms with van der Waals surface area (Å²) in [5.41, 5.74) is -0.100. The quantitative estimate of drug-likeness (QED) is 0.788. The molecule has 0 aliphatic heterocycles. The van der Waals surface area contributed by atoms with Gasteiger partial charge in [-0.05, 0) is 30.6 Å². The smallest absolute Gasteiger partial charge is 0.225 e. The van der Waals surface area contributed by atoms with Crippen molar-refractivity contribution in [2.75, 3.05) is 6.54 Å². The van der Waals surface area contributed by atoms with Crippen LogP contribution in [0.15, 0.2) is 0 Å². The van der Waals surface area contributed by atoms with Crippen molar-refractivity contribution in [2.24, 2.45) is 23.2 Å². The minimum absolute atomic E-state index is 0.100. The number of hydrogen-bond acceptors (Lipinski definition) is 1. The maximum absolute atomic E-state index is 12.4. The lowest BCUT2D eigenvalue weighted by atomic mass is 9.75. The highest BCUT2D eigenvalue weighted by Crippen LogP contribution is 2.36. The van der Waals surface area contributed by atoms with Crippen LogP contribution in [0.25, 0.3) is 0 Å². The van der Waals surface area contributed by atoms with Gasteiger partial charge >= 0.3 is 0 Å². The zero-order chi connectivity index (χ0) is 13.8. The summed E-state index contributed by atoms with van der Waals surface area (Å²) in [7, 11) is 0. The van der Waals surface area contributed by atoms with E-state index in [9.17, 15) is 4.79 Å². The molecule has 0 aromatic rings. The molecule has 1 fully saturated rings. The van der Waals surface area contributed by atoms with Crippen LogP contribution in [0.2, 0.25) is 0 Å². The third kappa shape index (κ3) is 4.00. The van der Waals surface area contributed by atoms with E-state index >= 15 is 0 Å². The summed E-state index contributed by atoms with van der Waals surface area (Å²) in [5.74, 6) is 2.13. The Bertz CT molecular complexity index is 256. The highest BCUT2D eigenvalue weighted by atomic mass is 16.2. The van der Waals surface area contributed by atoms with E-state index in [1.165, 1.54) is 19.3 Å². The maximum Gasteiger partial charge on any atom is 0.225 e. The van der Waals surface area contributed by atoms with E-state index in [-0.39, 0.29) is 11.3 Å². The third-order valence-corrected chi connectivity index (χ3v) is 4.72. The van der Waals surface area contributed by atoms with Crippen molar-refractivity contribution < 1.29 is 4.79 Å². The zero-order valence-corrected chi connectivity index (χ0v) is 12.9. The van der Waals surface area contributed by atoms with Gasteiger partial charge in [0.05, 0.1) is 0 Å². The number of carbonyl (C=O) groups is 1. The van der Waals surface area contributed by atoms with E-state index in [0.29, 0.717) is 17.8 Å². The fourth-order valence-corrected chi connectivity index (χ4v) is 3.22. The van der Waals surface area contributed by atoms with E-state index in [1.54, 1.807) is 0 Å². The molecule has 0 unspecified atom stereocenters. The van der Waals surface area contributed by atoms with Gasteiger partial charge in [-0.1, -0.05) is 53.9 Å². The first kappa shape index (κ1) is 15.5. The lowest BCUT2D eigenvalue weighted by Gasteiger charge is -2.33. The molecule has 0 aromatic carbocycles. The third-order valence-electron chi connectivity index (χ3n) is 4.72. The molecular formula is C16H31NO. The summed E-state index contributed by atoms with van der Waals surface area (Å²) in [5, 5.41) is 3.22. The molecular weight excluding hydrogens is 222 g/mol. The van der Waals surface area contributed by atoms with Gasteiger partial charge in [0.2, 0.25) is 5.91 Å². The van der Waals surface area contributed by atoms with E-state index < -0.39 is 0 Å². The monoisotopic (exact) mass is 253 g/mol. The van der Waals surface area contributed by atoms with Crippen molar-refractivity contribution >= 4 is 5.91 Å². The van der Waals surface area contributed by atoms with E-state index in [1.807, 2.05) is 0 Å². The second kappa shape index (κ2) is 6.58. The lowest BCUT2D eigenvalue weighted by Crippen LogP contribution is -2.43. The zero-order valence-electron chi connectivity index (χ0n) is 12.9. The largest absolute Gasteiger partial charge is 0.355 e. The van der Waals surface area contributed by atoms with Gasteiger partial charge in [0.1, 0.15) is 0 Å². The minimum Gasteiger partial charge on any atom is -0.355 e. The molecule has 18 heavy (non-hydrogen) atoms. The number of nitrogens with one attached hydrogen (secondary N) is 1. The topological polar surface area (TPSA) is 29.1 Å². The van der Waals surface area contributed by atoms with Crippen LogP contribution >= 0.6 is 0 Å². The van der Waals surface area contributed by atoms with Gasteiger partial charge in [0.15, 0.2) is 0 Å². The SMILES string of the molecule is CC(C)C(CNC(=O)C1(C)CCCCC1)C(C)C. The second-order valence-corrected chi connectivity index (χ2v) is 6.98. The van der Waals surface area contributed by atoms with Gasteiger partial charge < -0.3 is 5.32 Å². The number of amides is 1. The average Bonchev–Trinajstić information content (AvgIpc) is 2.29. The van der Waals surface area contributed by atoms with Crippen molar-refractivity contribution in [1.29, 1.82) is 0 Å². The molecule has 0 saturated heterocycles. The Hall–Kier alpha value is -0.530. The molecule has 0 radical (unpaired) electrons. The fourth-order valence-electron chi connectivity index (χ4n) is 3.22. The molecule has 1 aliphatic carbocycles. The fraction of sp³-hybridized carbons (Fsp3) is 0.938. The summed E-state index contributed by atoms with van der Waals surface area (Å²) in [6.07, 6.45) is 5.84. The number of carbonyl (C=O) groups excluding carboxylic acids is 1. The summed E-state index contributed by atoms with van der Waals surface area (Å²) >= 11 is 0. The first-order valence-electron chi connectivity index (χ1n) is 7.65. The van der Waals surface area contributed by atoms with Crippen LogP contribution in [0.3, 0.4) is 0 Å². The van der Waals surface area contributed by atoms with Crippen LogP contribution in [0.5, 0.6) is 0 Å². The first-order valence-corrected chi connectivity index (χ1v) is 7.65. The van der Waals surface area contributed by atoms with Gasteiger partial charge in [0, 0.05) is 12.0 Å². The van der Waals surface area contributed by atoms with Crippen molar-refractivity contribution in [1.82, 2.24) is 5.32 Å². The van der Waals surface area contributed by atoms with Crippen LogP contribution in [0.4, 0.5) is 0 Å². The summed E-state index contributed by atoms with van der Waals surface area (Å²) in [6, 6.07) is 0. The number of rotatable bonds is 5. The molecule has 1 rings (SSSR count). The summed E-state index contributed by atoms with van der Waals surface area (Å²) < 4.78 is 0. The van der Waals surface area contributed by atoms with Crippen LogP contribution < -0.4 is 5.32 Å². The van der Waals surface area contributed by atoms with Crippen molar-refractivity contribution in [2.45, 2.75) is 66.7 Å². The van der Waals surface area contributed by atoms with Gasteiger partial charge in [0.25, 0.3) is 0 Å². The second-order valence-electron chi connectivity index (χ2n) is 6.98. The Labute approximate surface area is 113 Å². The predicted molar refractivity (Wildman–Crippen MR) is 77.4 cm³/mol. The van der Waals surface area contributed by atoms with Gasteiger partial charge in [-0.3, -0.25) is 4.79 Å². The highest BCUT2D eigenvalue weighted by Gasteiger charge is 2.34. The molecule has 0 aromatic heterocycles. The molecule has 1 amide bonds. The van der Waals surface area contributed by atoms with Crippen molar-refractivity contribution in [3.63, 3.8) is 0 Å². The Morgan fingerprint density at radius 2 is 1.56 bits per heavy atom. The van der Waals surface area contributed by atoms with Crippen molar-refractivity contribution in [3.8, 4) is 0 Å². The minimum atomic E-state index is -0.100. The van der Waals surface area contributed by atoms with Gasteiger partial charge in [-0.2, -0.15) is 0 Å². The molecule has 1 aliphatic rings. The van der Waals surface area contributed by atoms with Gasteiger partial charge in [-0.15, -0.1) is 0 Å².